The molecular weight excluding hydrogens is 783 g/mol. The first kappa shape index (κ1) is 39.2. The molecule has 2 bridgehead atoms. The first-order valence-corrected chi connectivity index (χ1v) is 24.4. The quantitative estimate of drug-likeness (QED) is 0.161. The fraction of sp³-hybridized carbons (Fsp3) is 0.281. The molecule has 2 spiro atoms. The normalized spacial score (nSPS) is 24.3. The lowest BCUT2D eigenvalue weighted by Crippen LogP contribution is -2.73. The second kappa shape index (κ2) is 13.7. The van der Waals surface area contributed by atoms with Crippen LogP contribution < -0.4 is 4.90 Å². The summed E-state index contributed by atoms with van der Waals surface area (Å²) in [7, 11) is 0. The predicted molar refractivity (Wildman–Crippen MR) is 273 cm³/mol. The molecule has 0 saturated heterocycles. The number of fused-ring (bicyclic) bond motifs is 9. The van der Waals surface area contributed by atoms with Crippen molar-refractivity contribution in [2.75, 3.05) is 4.90 Å². The van der Waals surface area contributed by atoms with Gasteiger partial charge < -0.3 is 4.90 Å². The zero-order valence-electron chi connectivity index (χ0n) is 38.8. The molecule has 13 rings (SSSR count). The van der Waals surface area contributed by atoms with Crippen molar-refractivity contribution in [3.05, 3.63) is 198 Å². The molecule has 1 heteroatoms. The van der Waals surface area contributed by atoms with Crippen LogP contribution in [0.15, 0.2) is 176 Å². The van der Waals surface area contributed by atoms with E-state index >= 15 is 0 Å². The van der Waals surface area contributed by atoms with Gasteiger partial charge in [0.05, 0.1) is 11.4 Å². The summed E-state index contributed by atoms with van der Waals surface area (Å²) in [4.78, 5) is 2.62. The maximum Gasteiger partial charge on any atom is 0.0540 e. The van der Waals surface area contributed by atoms with Crippen LogP contribution in [0.25, 0.3) is 55.3 Å². The van der Waals surface area contributed by atoms with E-state index in [2.05, 4.69) is 222 Å². The highest BCUT2D eigenvalue weighted by Gasteiger charge is 2.84. The molecule has 0 N–H and O–H groups in total. The Bertz CT molecular complexity index is 3190. The fourth-order valence-corrected chi connectivity index (χ4v) is 14.7. The molecule has 0 heterocycles. The molecule has 0 amide bonds. The van der Waals surface area contributed by atoms with Crippen LogP contribution in [0.2, 0.25) is 0 Å². The molecule has 0 aromatic heterocycles. The van der Waals surface area contributed by atoms with Crippen LogP contribution in [0.3, 0.4) is 0 Å². The molecule has 1 nitrogen and oxygen atoms in total. The van der Waals surface area contributed by atoms with Gasteiger partial charge in [0.25, 0.3) is 0 Å². The van der Waals surface area contributed by atoms with Crippen molar-refractivity contribution in [1.82, 2.24) is 0 Å². The van der Waals surface area contributed by atoms with Crippen molar-refractivity contribution in [2.24, 2.45) is 29.1 Å². The van der Waals surface area contributed by atoms with Gasteiger partial charge in [0, 0.05) is 22.2 Å². The molecule has 4 fully saturated rings. The van der Waals surface area contributed by atoms with Crippen molar-refractivity contribution in [2.45, 2.75) is 83.5 Å². The van der Waals surface area contributed by atoms with E-state index < -0.39 is 0 Å². The molecule has 8 aromatic carbocycles. The van der Waals surface area contributed by atoms with Gasteiger partial charge in [-0.15, -0.1) is 0 Å². The van der Waals surface area contributed by atoms with Gasteiger partial charge in [0.15, 0.2) is 0 Å². The number of nitrogens with zero attached hydrogens (tertiary/aromatic N) is 1. The van der Waals surface area contributed by atoms with Crippen molar-refractivity contribution in [1.29, 1.82) is 0 Å². The summed E-state index contributed by atoms with van der Waals surface area (Å²) in [5.41, 5.74) is 20.7. The van der Waals surface area contributed by atoms with E-state index in [0.717, 1.165) is 23.7 Å². The van der Waals surface area contributed by atoms with Crippen molar-refractivity contribution >= 4 is 27.8 Å². The summed E-state index contributed by atoms with van der Waals surface area (Å²) >= 11 is 0. The smallest absolute Gasteiger partial charge is 0.0540 e. The summed E-state index contributed by atoms with van der Waals surface area (Å²) < 4.78 is 0. The zero-order valence-corrected chi connectivity index (χ0v) is 38.8. The first-order valence-electron chi connectivity index (χ1n) is 24.4. The van der Waals surface area contributed by atoms with Gasteiger partial charge in [-0.2, -0.15) is 0 Å². The largest absolute Gasteiger partial charge is 0.309 e. The lowest BCUT2D eigenvalue weighted by Gasteiger charge is -2.76. The number of para-hydroxylation sites is 2. The van der Waals surface area contributed by atoms with Crippen molar-refractivity contribution < 1.29 is 0 Å². The Hall–Kier alpha value is -6.18. The highest BCUT2D eigenvalue weighted by atomic mass is 15.1. The van der Waals surface area contributed by atoms with Crippen LogP contribution in [-0.4, -0.2) is 0 Å². The lowest BCUT2D eigenvalue weighted by atomic mass is 9.27. The maximum atomic E-state index is 2.67. The Kier molecular flexibility index (Phi) is 8.25. The van der Waals surface area contributed by atoms with Gasteiger partial charge >= 0.3 is 0 Å². The Labute approximate surface area is 386 Å². The van der Waals surface area contributed by atoms with E-state index in [1.807, 2.05) is 0 Å². The Balaban J connectivity index is 1.05. The van der Waals surface area contributed by atoms with E-state index in [1.165, 1.54) is 109 Å². The van der Waals surface area contributed by atoms with E-state index in [4.69, 9.17) is 0 Å². The van der Waals surface area contributed by atoms with Crippen LogP contribution >= 0.6 is 0 Å². The van der Waals surface area contributed by atoms with Gasteiger partial charge in [-0.3, -0.25) is 0 Å². The average molecular weight is 842 g/mol. The molecule has 320 valence electrons. The second-order valence-corrected chi connectivity index (χ2v) is 22.6. The monoisotopic (exact) mass is 841 g/mol. The van der Waals surface area contributed by atoms with Crippen LogP contribution in [0.1, 0.15) is 89.5 Å². The maximum absolute atomic E-state index is 2.67. The standard InChI is InChI=1S/C64H59N/c1-61(2,3)44-34-43(35-45(36-44)62(4,5)6)49-25-16-20-42-21-17-26-53(60(42)49)52-24-12-15-29-57(52)65(56-28-14-11-22-48(56)41-18-8-7-9-19-41)47-30-31-51-50-23-10-13-27-54(50)64(55(51)38-47)58-33-40-32-46-37-59(64)63(46,58)39-40/h7-31,34-36,38,40,46,58-59H,32-33,37,39H2,1-6H3. The number of hydrogen-bond acceptors (Lipinski definition) is 1. The third-order valence-electron chi connectivity index (χ3n) is 17.4. The molecule has 8 aromatic rings. The molecule has 6 atom stereocenters. The molecule has 6 unspecified atom stereocenters. The van der Waals surface area contributed by atoms with Gasteiger partial charge in [-0.25, -0.2) is 0 Å². The Morgan fingerprint density at radius 2 is 1.03 bits per heavy atom. The average Bonchev–Trinajstić information content (AvgIpc) is 3.95. The van der Waals surface area contributed by atoms with E-state index in [-0.39, 0.29) is 16.2 Å². The van der Waals surface area contributed by atoms with E-state index in [9.17, 15) is 0 Å². The summed E-state index contributed by atoms with van der Waals surface area (Å²) in [6.07, 6.45) is 5.75. The first-order chi connectivity index (χ1) is 31.5. The number of rotatable bonds is 6. The highest BCUT2D eigenvalue weighted by Crippen LogP contribution is 2.89. The molecule has 5 aliphatic rings. The van der Waals surface area contributed by atoms with Crippen LogP contribution in [0, 0.1) is 29.1 Å². The van der Waals surface area contributed by atoms with Gasteiger partial charge in [0.1, 0.15) is 0 Å². The van der Waals surface area contributed by atoms with Gasteiger partial charge in [-0.05, 0) is 156 Å². The summed E-state index contributed by atoms with van der Waals surface area (Å²) in [5, 5.41) is 2.55. The van der Waals surface area contributed by atoms with Gasteiger partial charge in [-0.1, -0.05) is 193 Å². The molecular formula is C64H59N. The summed E-state index contributed by atoms with van der Waals surface area (Å²) in [6, 6.07) is 67.7. The minimum absolute atomic E-state index is 0.0102. The highest BCUT2D eigenvalue weighted by molar-refractivity contribution is 6.09. The predicted octanol–water partition coefficient (Wildman–Crippen LogP) is 17.2. The third kappa shape index (κ3) is 5.39. The number of anilines is 3. The minimum atomic E-state index is 0.0102. The van der Waals surface area contributed by atoms with Crippen LogP contribution in [0.4, 0.5) is 17.1 Å². The minimum Gasteiger partial charge on any atom is -0.309 e. The second-order valence-electron chi connectivity index (χ2n) is 22.6. The molecule has 0 aliphatic heterocycles. The summed E-state index contributed by atoms with van der Waals surface area (Å²) in [5.74, 6) is 3.36. The van der Waals surface area contributed by atoms with Crippen LogP contribution in [0.5, 0.6) is 0 Å². The van der Waals surface area contributed by atoms with Crippen LogP contribution in [-0.2, 0) is 16.2 Å². The SMILES string of the molecule is CC(C)(C)c1cc(-c2cccc3cccc(-c4ccccc4N(c4ccc5c(c4)C4(c6ccccc6-5)C5CC6CC7CC4C75C6)c4ccccc4-c4ccccc4)c23)cc(C(C)(C)C)c1. The topological polar surface area (TPSA) is 3.24 Å². The molecule has 0 radical (unpaired) electrons. The third-order valence-corrected chi connectivity index (χ3v) is 17.4. The fourth-order valence-electron chi connectivity index (χ4n) is 14.7. The van der Waals surface area contributed by atoms with Crippen molar-refractivity contribution in [3.8, 4) is 44.5 Å². The zero-order chi connectivity index (χ0) is 44.0. The number of benzene rings is 8. The molecule has 65 heavy (non-hydrogen) atoms. The lowest BCUT2D eigenvalue weighted by molar-refractivity contribution is -0.231. The van der Waals surface area contributed by atoms with E-state index in [1.54, 1.807) is 11.1 Å². The Morgan fingerprint density at radius 1 is 0.446 bits per heavy atom. The Morgan fingerprint density at radius 3 is 1.74 bits per heavy atom. The molecule has 5 aliphatic carbocycles. The van der Waals surface area contributed by atoms with E-state index in [0.29, 0.717) is 5.41 Å². The van der Waals surface area contributed by atoms with Crippen molar-refractivity contribution in [3.63, 3.8) is 0 Å². The summed E-state index contributed by atoms with van der Waals surface area (Å²) in [6.45, 7) is 14.1. The number of hydrogen-bond donors (Lipinski definition) is 0. The molecule has 4 saturated carbocycles. The van der Waals surface area contributed by atoms with Gasteiger partial charge in [0.2, 0.25) is 0 Å².